The van der Waals surface area contributed by atoms with Gasteiger partial charge in [0.15, 0.2) is 5.16 Å². The van der Waals surface area contributed by atoms with E-state index in [1.165, 1.54) is 0 Å². The number of hydrogen-bond donors (Lipinski definition) is 1. The van der Waals surface area contributed by atoms with Crippen LogP contribution in [0.1, 0.15) is 13.3 Å². The van der Waals surface area contributed by atoms with Crippen LogP contribution in [0, 0.1) is 0 Å². The number of thioether (sulfide) groups is 1. The molecule has 5 heteroatoms. The number of hydrogen-bond acceptors (Lipinski definition) is 4. The van der Waals surface area contributed by atoms with Gasteiger partial charge in [0.1, 0.15) is 0 Å². The highest BCUT2D eigenvalue weighted by molar-refractivity contribution is 7.99. The Hall–Kier alpha value is -1.33. The van der Waals surface area contributed by atoms with E-state index in [-0.39, 0.29) is 12.2 Å². The third kappa shape index (κ3) is 2.57. The summed E-state index contributed by atoms with van der Waals surface area (Å²) in [6, 6.07) is 7.37. The Labute approximate surface area is 110 Å². The van der Waals surface area contributed by atoms with Crippen LogP contribution in [0.25, 0.3) is 10.9 Å². The van der Waals surface area contributed by atoms with Gasteiger partial charge in [0.25, 0.3) is 5.56 Å². The minimum Gasteiger partial charge on any atom is -0.396 e. The number of aromatic nitrogens is 2. The lowest BCUT2D eigenvalue weighted by molar-refractivity contribution is 0.276. The second-order valence-electron chi connectivity index (χ2n) is 3.88. The highest BCUT2D eigenvalue weighted by Crippen LogP contribution is 2.17. The van der Waals surface area contributed by atoms with Gasteiger partial charge in [-0.2, -0.15) is 0 Å². The number of aliphatic hydroxyl groups is 1. The van der Waals surface area contributed by atoms with Crippen molar-refractivity contribution >= 4 is 22.7 Å². The van der Waals surface area contributed by atoms with Gasteiger partial charge in [-0.3, -0.25) is 9.36 Å². The maximum absolute atomic E-state index is 12.4. The Morgan fingerprint density at radius 3 is 2.89 bits per heavy atom. The van der Waals surface area contributed by atoms with Crippen LogP contribution in [0.15, 0.2) is 34.2 Å². The lowest BCUT2D eigenvalue weighted by Crippen LogP contribution is -2.24. The molecule has 0 atom stereocenters. The summed E-state index contributed by atoms with van der Waals surface area (Å²) >= 11 is 1.55. The van der Waals surface area contributed by atoms with Crippen molar-refractivity contribution in [3.05, 3.63) is 34.6 Å². The van der Waals surface area contributed by atoms with Crippen molar-refractivity contribution in [2.75, 3.05) is 12.4 Å². The maximum Gasteiger partial charge on any atom is 0.262 e. The fourth-order valence-corrected chi connectivity index (χ4v) is 2.56. The molecule has 0 aliphatic carbocycles. The lowest BCUT2D eigenvalue weighted by atomic mass is 10.2. The molecular weight excluding hydrogens is 248 g/mol. The Bertz CT molecular complexity index is 595. The smallest absolute Gasteiger partial charge is 0.262 e. The molecule has 0 saturated heterocycles. The van der Waals surface area contributed by atoms with Crippen LogP contribution in [0.3, 0.4) is 0 Å². The van der Waals surface area contributed by atoms with Crippen molar-refractivity contribution in [3.8, 4) is 0 Å². The molecule has 0 fully saturated rings. The molecule has 96 valence electrons. The van der Waals surface area contributed by atoms with Crippen molar-refractivity contribution in [3.63, 3.8) is 0 Å². The summed E-state index contributed by atoms with van der Waals surface area (Å²) in [5.74, 6) is 0.865. The van der Waals surface area contributed by atoms with E-state index in [1.54, 1.807) is 22.4 Å². The van der Waals surface area contributed by atoms with E-state index in [0.29, 0.717) is 18.4 Å². The standard InChI is InChI=1S/C13H16N2O2S/c1-2-18-13-14-11-7-4-3-6-10(11)12(17)15(13)8-5-9-16/h3-4,6-7,16H,2,5,8-9H2,1H3. The number of fused-ring (bicyclic) bond motifs is 1. The number of para-hydroxylation sites is 1. The van der Waals surface area contributed by atoms with Crippen LogP contribution >= 0.6 is 11.8 Å². The monoisotopic (exact) mass is 264 g/mol. The van der Waals surface area contributed by atoms with Gasteiger partial charge in [0.05, 0.1) is 10.9 Å². The Kier molecular flexibility index (Phi) is 4.38. The molecule has 1 heterocycles. The zero-order valence-corrected chi connectivity index (χ0v) is 11.1. The predicted molar refractivity (Wildman–Crippen MR) is 74.1 cm³/mol. The van der Waals surface area contributed by atoms with Crippen molar-refractivity contribution in [2.45, 2.75) is 25.0 Å². The third-order valence-corrected chi connectivity index (χ3v) is 3.50. The molecule has 4 nitrogen and oxygen atoms in total. The van der Waals surface area contributed by atoms with Crippen LogP contribution in [0.2, 0.25) is 0 Å². The summed E-state index contributed by atoms with van der Waals surface area (Å²) in [6.07, 6.45) is 0.567. The zero-order valence-electron chi connectivity index (χ0n) is 10.3. The maximum atomic E-state index is 12.4. The first kappa shape index (κ1) is 13.1. The molecule has 1 aromatic carbocycles. The molecule has 1 N–H and O–H groups in total. The first-order valence-corrected chi connectivity index (χ1v) is 6.99. The highest BCUT2D eigenvalue weighted by Gasteiger charge is 2.10. The fraction of sp³-hybridized carbons (Fsp3) is 0.385. The fourth-order valence-electron chi connectivity index (χ4n) is 1.81. The van der Waals surface area contributed by atoms with E-state index in [1.807, 2.05) is 25.1 Å². The SMILES string of the molecule is CCSc1nc2ccccc2c(=O)n1CCCO. The second kappa shape index (κ2) is 6.02. The van der Waals surface area contributed by atoms with Gasteiger partial charge in [-0.25, -0.2) is 4.98 Å². The predicted octanol–water partition coefficient (Wildman–Crippen LogP) is 1.89. The van der Waals surface area contributed by atoms with Gasteiger partial charge in [-0.05, 0) is 24.3 Å². The summed E-state index contributed by atoms with van der Waals surface area (Å²) in [4.78, 5) is 16.9. The molecule has 0 amide bonds. The molecule has 0 radical (unpaired) electrons. The molecule has 0 aliphatic heterocycles. The van der Waals surface area contributed by atoms with Crippen molar-refractivity contribution in [1.29, 1.82) is 0 Å². The van der Waals surface area contributed by atoms with Crippen LogP contribution in [0.4, 0.5) is 0 Å². The molecule has 2 aromatic rings. The summed E-state index contributed by atoms with van der Waals surface area (Å²) < 4.78 is 1.66. The number of benzene rings is 1. The van der Waals surface area contributed by atoms with Crippen molar-refractivity contribution in [2.24, 2.45) is 0 Å². The largest absolute Gasteiger partial charge is 0.396 e. The third-order valence-electron chi connectivity index (χ3n) is 2.64. The van der Waals surface area contributed by atoms with Gasteiger partial charge in [-0.1, -0.05) is 30.8 Å². The molecule has 2 rings (SSSR count). The van der Waals surface area contributed by atoms with E-state index >= 15 is 0 Å². The van der Waals surface area contributed by atoms with E-state index < -0.39 is 0 Å². The minimum absolute atomic E-state index is 0.0231. The van der Waals surface area contributed by atoms with E-state index in [0.717, 1.165) is 16.4 Å². The lowest BCUT2D eigenvalue weighted by Gasteiger charge is -2.11. The molecule has 0 unspecified atom stereocenters. The van der Waals surface area contributed by atoms with Gasteiger partial charge in [-0.15, -0.1) is 0 Å². The molecular formula is C13H16N2O2S. The molecule has 1 aromatic heterocycles. The van der Waals surface area contributed by atoms with Gasteiger partial charge in [0, 0.05) is 13.2 Å². The average Bonchev–Trinajstić information content (AvgIpc) is 2.39. The topological polar surface area (TPSA) is 55.1 Å². The van der Waals surface area contributed by atoms with Crippen molar-refractivity contribution in [1.82, 2.24) is 9.55 Å². The minimum atomic E-state index is -0.0231. The zero-order chi connectivity index (χ0) is 13.0. The second-order valence-corrected chi connectivity index (χ2v) is 5.11. The van der Waals surface area contributed by atoms with Crippen LogP contribution in [-0.4, -0.2) is 27.0 Å². The highest BCUT2D eigenvalue weighted by atomic mass is 32.2. The Morgan fingerprint density at radius 1 is 1.39 bits per heavy atom. The summed E-state index contributed by atoms with van der Waals surface area (Å²) in [5, 5.41) is 10.3. The molecule has 0 bridgehead atoms. The van der Waals surface area contributed by atoms with E-state index in [4.69, 9.17) is 5.11 Å². The van der Waals surface area contributed by atoms with Crippen molar-refractivity contribution < 1.29 is 5.11 Å². The first-order valence-electron chi connectivity index (χ1n) is 6.01. The Morgan fingerprint density at radius 2 is 2.17 bits per heavy atom. The summed E-state index contributed by atoms with van der Waals surface area (Å²) in [7, 11) is 0. The molecule has 0 saturated carbocycles. The van der Waals surface area contributed by atoms with E-state index in [2.05, 4.69) is 4.98 Å². The average molecular weight is 264 g/mol. The molecule has 18 heavy (non-hydrogen) atoms. The normalized spacial score (nSPS) is 11.0. The number of aliphatic hydroxyl groups excluding tert-OH is 1. The molecule has 0 aliphatic rings. The number of nitrogens with zero attached hydrogens (tertiary/aromatic N) is 2. The summed E-state index contributed by atoms with van der Waals surface area (Å²) in [6.45, 7) is 2.62. The van der Waals surface area contributed by atoms with Crippen LogP contribution in [0.5, 0.6) is 0 Å². The molecule has 0 spiro atoms. The van der Waals surface area contributed by atoms with Gasteiger partial charge < -0.3 is 5.11 Å². The van der Waals surface area contributed by atoms with E-state index in [9.17, 15) is 4.79 Å². The Balaban J connectivity index is 2.59. The van der Waals surface area contributed by atoms with Crippen LogP contribution in [-0.2, 0) is 6.54 Å². The van der Waals surface area contributed by atoms with Gasteiger partial charge in [0.2, 0.25) is 0 Å². The van der Waals surface area contributed by atoms with Gasteiger partial charge >= 0.3 is 0 Å². The van der Waals surface area contributed by atoms with Crippen LogP contribution < -0.4 is 5.56 Å². The summed E-state index contributed by atoms with van der Waals surface area (Å²) in [5.41, 5.74) is 0.712. The quantitative estimate of drug-likeness (QED) is 0.662. The number of rotatable bonds is 5. The first-order chi connectivity index (χ1) is 8.77.